The van der Waals surface area contributed by atoms with E-state index in [1.54, 1.807) is 0 Å². The van der Waals surface area contributed by atoms with Crippen molar-refractivity contribution in [2.24, 2.45) is 0 Å². The summed E-state index contributed by atoms with van der Waals surface area (Å²) in [7, 11) is -2.55. The van der Waals surface area contributed by atoms with Crippen molar-refractivity contribution in [1.29, 1.82) is 0 Å². The Morgan fingerprint density at radius 2 is 1.86 bits per heavy atom. The van der Waals surface area contributed by atoms with Crippen LogP contribution in [0.5, 0.6) is 5.75 Å². The molecule has 4 nitrogen and oxygen atoms in total. The summed E-state index contributed by atoms with van der Waals surface area (Å²) in [6.45, 7) is 1.88. The van der Waals surface area contributed by atoms with Crippen LogP contribution in [0.3, 0.4) is 0 Å². The van der Waals surface area contributed by atoms with Crippen LogP contribution < -0.4 is 9.46 Å². The van der Waals surface area contributed by atoms with E-state index in [2.05, 4.69) is 4.72 Å². The zero-order valence-electron chi connectivity index (χ0n) is 12.4. The number of sulfonamides is 1. The minimum Gasteiger partial charge on any atom is -0.495 e. The molecule has 2 aromatic rings. The van der Waals surface area contributed by atoms with E-state index in [1.165, 1.54) is 13.2 Å². The summed E-state index contributed by atoms with van der Waals surface area (Å²) >= 11 is 0. The topological polar surface area (TPSA) is 55.4 Å². The standard InChI is InChI=1S/C16H18FNO3S/c1-3-14(12-7-5-4-6-8-12)18-22(19,20)16-11-13(17)9-10-15(16)21-2/h4-11,14,18H,3H2,1-2H3/t14-/m1/s1. The van der Waals surface area contributed by atoms with Crippen molar-refractivity contribution in [3.63, 3.8) is 0 Å². The van der Waals surface area contributed by atoms with Gasteiger partial charge in [-0.3, -0.25) is 0 Å². The van der Waals surface area contributed by atoms with Crippen LogP contribution in [0.15, 0.2) is 53.4 Å². The molecule has 0 fully saturated rings. The molecular formula is C16H18FNO3S. The monoisotopic (exact) mass is 323 g/mol. The lowest BCUT2D eigenvalue weighted by atomic mass is 10.1. The van der Waals surface area contributed by atoms with Gasteiger partial charge in [0.2, 0.25) is 10.0 Å². The van der Waals surface area contributed by atoms with E-state index in [0.717, 1.165) is 17.7 Å². The summed E-state index contributed by atoms with van der Waals surface area (Å²) in [6, 6.07) is 12.3. The van der Waals surface area contributed by atoms with Gasteiger partial charge in [0.05, 0.1) is 7.11 Å². The number of hydrogen-bond donors (Lipinski definition) is 1. The molecule has 0 saturated heterocycles. The summed E-state index contributed by atoms with van der Waals surface area (Å²) in [5.74, 6) is -0.522. The van der Waals surface area contributed by atoms with E-state index < -0.39 is 15.8 Å². The van der Waals surface area contributed by atoms with Gasteiger partial charge < -0.3 is 4.74 Å². The van der Waals surface area contributed by atoms with Crippen LogP contribution in [0.1, 0.15) is 24.9 Å². The maximum Gasteiger partial charge on any atom is 0.244 e. The fraction of sp³-hybridized carbons (Fsp3) is 0.250. The average Bonchev–Trinajstić information content (AvgIpc) is 2.53. The van der Waals surface area contributed by atoms with Crippen LogP contribution in [0.25, 0.3) is 0 Å². The molecule has 0 spiro atoms. The number of rotatable bonds is 6. The molecule has 0 amide bonds. The van der Waals surface area contributed by atoms with Crippen LogP contribution in [0.4, 0.5) is 4.39 Å². The summed E-state index contributed by atoms with van der Waals surface area (Å²) in [6.07, 6.45) is 0.570. The van der Waals surface area contributed by atoms with E-state index >= 15 is 0 Å². The molecule has 2 aromatic carbocycles. The molecule has 1 N–H and O–H groups in total. The Morgan fingerprint density at radius 3 is 2.45 bits per heavy atom. The molecule has 22 heavy (non-hydrogen) atoms. The van der Waals surface area contributed by atoms with Crippen LogP contribution in [-0.2, 0) is 10.0 Å². The fourth-order valence-electron chi connectivity index (χ4n) is 2.18. The molecule has 0 aliphatic heterocycles. The SMILES string of the molecule is CC[C@@H](NS(=O)(=O)c1cc(F)ccc1OC)c1ccccc1. The maximum absolute atomic E-state index is 13.4. The Hall–Kier alpha value is -1.92. The zero-order chi connectivity index (χ0) is 16.2. The highest BCUT2D eigenvalue weighted by Gasteiger charge is 2.24. The van der Waals surface area contributed by atoms with Gasteiger partial charge in [-0.2, -0.15) is 0 Å². The van der Waals surface area contributed by atoms with E-state index in [-0.39, 0.29) is 16.7 Å². The minimum absolute atomic E-state index is 0.108. The molecule has 0 aliphatic carbocycles. The van der Waals surface area contributed by atoms with Crippen LogP contribution in [0, 0.1) is 5.82 Å². The largest absolute Gasteiger partial charge is 0.495 e. The lowest BCUT2D eigenvalue weighted by Crippen LogP contribution is -2.28. The molecule has 0 radical (unpaired) electrons. The number of hydrogen-bond acceptors (Lipinski definition) is 3. The summed E-state index contributed by atoms with van der Waals surface area (Å²) in [5.41, 5.74) is 0.851. The third kappa shape index (κ3) is 3.64. The van der Waals surface area contributed by atoms with Crippen molar-refractivity contribution in [1.82, 2.24) is 4.72 Å². The molecule has 0 aromatic heterocycles. The van der Waals surface area contributed by atoms with E-state index in [9.17, 15) is 12.8 Å². The molecule has 6 heteroatoms. The third-order valence-electron chi connectivity index (χ3n) is 3.32. The van der Waals surface area contributed by atoms with Gasteiger partial charge in [-0.1, -0.05) is 37.3 Å². The van der Waals surface area contributed by atoms with Crippen LogP contribution in [-0.4, -0.2) is 15.5 Å². The van der Waals surface area contributed by atoms with Gasteiger partial charge in [0.15, 0.2) is 0 Å². The summed E-state index contributed by atoms with van der Waals surface area (Å²) < 4.78 is 46.1. The molecule has 0 heterocycles. The second-order valence-electron chi connectivity index (χ2n) is 4.79. The molecule has 0 aliphatic rings. The van der Waals surface area contributed by atoms with Crippen molar-refractivity contribution >= 4 is 10.0 Å². The minimum atomic E-state index is -3.90. The lowest BCUT2D eigenvalue weighted by Gasteiger charge is -2.18. The molecule has 0 unspecified atom stereocenters. The Bertz CT molecular complexity index is 732. The van der Waals surface area contributed by atoms with Gasteiger partial charge in [0, 0.05) is 6.04 Å². The fourth-order valence-corrected chi connectivity index (χ4v) is 3.67. The first kappa shape index (κ1) is 16.5. The normalized spacial score (nSPS) is 12.9. The molecule has 0 bridgehead atoms. The first-order valence-electron chi connectivity index (χ1n) is 6.88. The van der Waals surface area contributed by atoms with Gasteiger partial charge in [-0.05, 0) is 30.2 Å². The number of methoxy groups -OCH3 is 1. The highest BCUT2D eigenvalue weighted by molar-refractivity contribution is 7.89. The van der Waals surface area contributed by atoms with Gasteiger partial charge in [0.1, 0.15) is 16.5 Å². The van der Waals surface area contributed by atoms with E-state index in [0.29, 0.717) is 6.42 Å². The van der Waals surface area contributed by atoms with Gasteiger partial charge in [-0.25, -0.2) is 17.5 Å². The van der Waals surface area contributed by atoms with Crippen LogP contribution in [0.2, 0.25) is 0 Å². The predicted molar refractivity (Wildman–Crippen MR) is 82.7 cm³/mol. The summed E-state index contributed by atoms with van der Waals surface area (Å²) in [4.78, 5) is -0.204. The van der Waals surface area contributed by atoms with Crippen molar-refractivity contribution in [3.05, 3.63) is 59.9 Å². The van der Waals surface area contributed by atoms with E-state index in [4.69, 9.17) is 4.74 Å². The quantitative estimate of drug-likeness (QED) is 0.888. The van der Waals surface area contributed by atoms with Crippen molar-refractivity contribution in [3.8, 4) is 5.75 Å². The Kier molecular flexibility index (Phi) is 5.15. The van der Waals surface area contributed by atoms with Gasteiger partial charge in [-0.15, -0.1) is 0 Å². The molecule has 2 rings (SSSR count). The van der Waals surface area contributed by atoms with Gasteiger partial charge >= 0.3 is 0 Å². The highest BCUT2D eigenvalue weighted by atomic mass is 32.2. The van der Waals surface area contributed by atoms with E-state index in [1.807, 2.05) is 37.3 Å². The molecule has 118 valence electrons. The number of halogens is 1. The predicted octanol–water partition coefficient (Wildman–Crippen LogP) is 3.26. The molecular weight excluding hydrogens is 305 g/mol. The van der Waals surface area contributed by atoms with Gasteiger partial charge in [0.25, 0.3) is 0 Å². The zero-order valence-corrected chi connectivity index (χ0v) is 13.2. The van der Waals surface area contributed by atoms with Crippen molar-refractivity contribution in [2.45, 2.75) is 24.3 Å². The van der Waals surface area contributed by atoms with Crippen molar-refractivity contribution in [2.75, 3.05) is 7.11 Å². The highest BCUT2D eigenvalue weighted by Crippen LogP contribution is 2.27. The first-order valence-corrected chi connectivity index (χ1v) is 8.37. The third-order valence-corrected chi connectivity index (χ3v) is 4.82. The number of nitrogens with one attached hydrogen (secondary N) is 1. The van der Waals surface area contributed by atoms with Crippen molar-refractivity contribution < 1.29 is 17.5 Å². The average molecular weight is 323 g/mol. The first-order chi connectivity index (χ1) is 10.5. The second kappa shape index (κ2) is 6.89. The number of ether oxygens (including phenoxy) is 1. The Morgan fingerprint density at radius 1 is 1.18 bits per heavy atom. The molecule has 1 atom stereocenters. The number of benzene rings is 2. The maximum atomic E-state index is 13.4. The Balaban J connectivity index is 2.37. The van der Waals surface area contributed by atoms with Crippen LogP contribution >= 0.6 is 0 Å². The summed E-state index contributed by atoms with van der Waals surface area (Å²) in [5, 5.41) is 0. The smallest absolute Gasteiger partial charge is 0.244 e. The second-order valence-corrected chi connectivity index (χ2v) is 6.47. The molecule has 0 saturated carbocycles. The Labute approximate surface area is 130 Å². The lowest BCUT2D eigenvalue weighted by molar-refractivity contribution is 0.400.